The van der Waals surface area contributed by atoms with Crippen molar-refractivity contribution in [2.24, 2.45) is 0 Å². The number of hydrogen-bond donors (Lipinski definition) is 2. The van der Waals surface area contributed by atoms with E-state index in [-0.39, 0.29) is 12.3 Å². The first kappa shape index (κ1) is 15.8. The molecule has 0 aromatic heterocycles. The lowest BCUT2D eigenvalue weighted by Gasteiger charge is -2.13. The minimum Gasteiger partial charge on any atom is -0.389 e. The SMILES string of the molecule is CC(O)c1ccccc1NC(=O)Cc1c(Cl)cccc1Cl. The highest BCUT2D eigenvalue weighted by atomic mass is 35.5. The standard InChI is InChI=1S/C16H15Cl2NO2/c1-10(20)11-5-2-3-8-15(11)19-16(21)9-12-13(17)6-4-7-14(12)18/h2-8,10,20H,9H2,1H3,(H,19,21). The molecule has 1 unspecified atom stereocenters. The first-order chi connectivity index (χ1) is 9.99. The third-order valence-electron chi connectivity index (χ3n) is 3.08. The van der Waals surface area contributed by atoms with Gasteiger partial charge in [-0.3, -0.25) is 4.79 Å². The second-order valence-corrected chi connectivity index (χ2v) is 5.50. The van der Waals surface area contributed by atoms with Crippen molar-refractivity contribution in [2.75, 3.05) is 5.32 Å². The number of aliphatic hydroxyl groups excluding tert-OH is 1. The first-order valence-corrected chi connectivity index (χ1v) is 7.24. The average Bonchev–Trinajstić information content (AvgIpc) is 2.43. The fraction of sp³-hybridized carbons (Fsp3) is 0.188. The smallest absolute Gasteiger partial charge is 0.228 e. The normalized spacial score (nSPS) is 12.0. The summed E-state index contributed by atoms with van der Waals surface area (Å²) in [6, 6.07) is 12.2. The van der Waals surface area contributed by atoms with Crippen molar-refractivity contribution in [2.45, 2.75) is 19.4 Å². The predicted molar refractivity (Wildman–Crippen MR) is 85.9 cm³/mol. The summed E-state index contributed by atoms with van der Waals surface area (Å²) in [5, 5.41) is 13.4. The van der Waals surface area contributed by atoms with Crippen molar-refractivity contribution >= 4 is 34.8 Å². The van der Waals surface area contributed by atoms with Gasteiger partial charge in [-0.1, -0.05) is 47.5 Å². The number of rotatable bonds is 4. The van der Waals surface area contributed by atoms with Crippen LogP contribution in [0.1, 0.15) is 24.2 Å². The number of halogens is 2. The zero-order valence-corrected chi connectivity index (χ0v) is 12.9. The number of benzene rings is 2. The molecule has 0 fully saturated rings. The van der Waals surface area contributed by atoms with Crippen LogP contribution in [0.25, 0.3) is 0 Å². The molecule has 0 aliphatic rings. The van der Waals surface area contributed by atoms with E-state index in [9.17, 15) is 9.90 Å². The predicted octanol–water partition coefficient (Wildman–Crippen LogP) is 4.23. The summed E-state index contributed by atoms with van der Waals surface area (Å²) < 4.78 is 0. The molecule has 0 spiro atoms. The summed E-state index contributed by atoms with van der Waals surface area (Å²) in [7, 11) is 0. The number of carbonyl (C=O) groups excluding carboxylic acids is 1. The van der Waals surface area contributed by atoms with E-state index in [2.05, 4.69) is 5.32 Å². The molecule has 110 valence electrons. The molecular formula is C16H15Cl2NO2. The highest BCUT2D eigenvalue weighted by Gasteiger charge is 2.13. The molecule has 1 atom stereocenters. The average molecular weight is 324 g/mol. The van der Waals surface area contributed by atoms with Crippen LogP contribution in [0.2, 0.25) is 10.0 Å². The summed E-state index contributed by atoms with van der Waals surface area (Å²) in [6.45, 7) is 1.65. The van der Waals surface area contributed by atoms with E-state index in [1.54, 1.807) is 43.3 Å². The largest absolute Gasteiger partial charge is 0.389 e. The fourth-order valence-electron chi connectivity index (χ4n) is 2.03. The zero-order chi connectivity index (χ0) is 15.4. The van der Waals surface area contributed by atoms with Crippen LogP contribution in [0.3, 0.4) is 0 Å². The van der Waals surface area contributed by atoms with Gasteiger partial charge < -0.3 is 10.4 Å². The Morgan fingerprint density at radius 1 is 1.14 bits per heavy atom. The Morgan fingerprint density at radius 2 is 1.76 bits per heavy atom. The Kier molecular flexibility index (Phi) is 5.23. The lowest BCUT2D eigenvalue weighted by atomic mass is 10.1. The van der Waals surface area contributed by atoms with E-state index >= 15 is 0 Å². The fourth-order valence-corrected chi connectivity index (χ4v) is 2.56. The highest BCUT2D eigenvalue weighted by molar-refractivity contribution is 6.36. The van der Waals surface area contributed by atoms with Crippen LogP contribution in [0.5, 0.6) is 0 Å². The van der Waals surface area contributed by atoms with E-state index in [1.807, 2.05) is 6.07 Å². The van der Waals surface area contributed by atoms with E-state index in [0.717, 1.165) is 0 Å². The van der Waals surface area contributed by atoms with Gasteiger partial charge in [-0.15, -0.1) is 0 Å². The van der Waals surface area contributed by atoms with Gasteiger partial charge in [0.2, 0.25) is 5.91 Å². The van der Waals surface area contributed by atoms with Gasteiger partial charge in [0, 0.05) is 21.3 Å². The number of nitrogens with one attached hydrogen (secondary N) is 1. The van der Waals surface area contributed by atoms with Gasteiger partial charge in [-0.2, -0.15) is 0 Å². The summed E-state index contributed by atoms with van der Waals surface area (Å²) in [6.07, 6.45) is -0.586. The molecule has 0 saturated carbocycles. The van der Waals surface area contributed by atoms with Crippen LogP contribution >= 0.6 is 23.2 Å². The Balaban J connectivity index is 2.16. The maximum Gasteiger partial charge on any atom is 0.228 e. The summed E-state index contributed by atoms with van der Waals surface area (Å²) in [5.74, 6) is -0.238. The monoisotopic (exact) mass is 323 g/mol. The first-order valence-electron chi connectivity index (χ1n) is 6.48. The number of amides is 1. The van der Waals surface area contributed by atoms with E-state index in [0.29, 0.717) is 26.9 Å². The Bertz CT molecular complexity index is 636. The Hall–Kier alpha value is -1.55. The molecule has 0 radical (unpaired) electrons. The van der Waals surface area contributed by atoms with Gasteiger partial charge in [-0.25, -0.2) is 0 Å². The highest BCUT2D eigenvalue weighted by Crippen LogP contribution is 2.26. The molecule has 2 aromatic rings. The van der Waals surface area contributed by atoms with Crippen molar-refractivity contribution < 1.29 is 9.90 Å². The van der Waals surface area contributed by atoms with E-state index < -0.39 is 6.10 Å². The van der Waals surface area contributed by atoms with Gasteiger partial charge in [-0.05, 0) is 30.7 Å². The van der Waals surface area contributed by atoms with Crippen molar-refractivity contribution in [3.63, 3.8) is 0 Å². The molecule has 2 aromatic carbocycles. The Morgan fingerprint density at radius 3 is 2.38 bits per heavy atom. The third kappa shape index (κ3) is 3.97. The lowest BCUT2D eigenvalue weighted by molar-refractivity contribution is -0.115. The minimum absolute atomic E-state index is 0.0760. The van der Waals surface area contributed by atoms with Gasteiger partial charge in [0.1, 0.15) is 0 Å². The second-order valence-electron chi connectivity index (χ2n) is 4.69. The van der Waals surface area contributed by atoms with Crippen LogP contribution in [0.15, 0.2) is 42.5 Å². The van der Waals surface area contributed by atoms with Crippen molar-refractivity contribution in [3.05, 3.63) is 63.6 Å². The number of carbonyl (C=O) groups is 1. The number of aliphatic hydroxyl groups is 1. The van der Waals surface area contributed by atoms with Crippen molar-refractivity contribution in [1.29, 1.82) is 0 Å². The van der Waals surface area contributed by atoms with Gasteiger partial charge >= 0.3 is 0 Å². The van der Waals surface area contributed by atoms with Gasteiger partial charge in [0.15, 0.2) is 0 Å². The summed E-state index contributed by atoms with van der Waals surface area (Å²) in [4.78, 5) is 12.2. The molecule has 0 aliphatic heterocycles. The molecule has 0 saturated heterocycles. The van der Waals surface area contributed by atoms with Crippen LogP contribution in [-0.4, -0.2) is 11.0 Å². The molecule has 5 heteroatoms. The number of hydrogen-bond acceptors (Lipinski definition) is 2. The van der Waals surface area contributed by atoms with Crippen LogP contribution in [-0.2, 0) is 11.2 Å². The van der Waals surface area contributed by atoms with Gasteiger partial charge in [0.05, 0.1) is 12.5 Å². The molecule has 2 N–H and O–H groups in total. The summed E-state index contributed by atoms with van der Waals surface area (Å²) in [5.41, 5.74) is 1.84. The van der Waals surface area contributed by atoms with Crippen molar-refractivity contribution in [3.8, 4) is 0 Å². The molecule has 21 heavy (non-hydrogen) atoms. The van der Waals surface area contributed by atoms with Gasteiger partial charge in [0.25, 0.3) is 0 Å². The third-order valence-corrected chi connectivity index (χ3v) is 3.79. The number of para-hydroxylation sites is 1. The van der Waals surface area contributed by atoms with E-state index in [1.165, 1.54) is 0 Å². The van der Waals surface area contributed by atoms with E-state index in [4.69, 9.17) is 23.2 Å². The van der Waals surface area contributed by atoms with Crippen LogP contribution in [0.4, 0.5) is 5.69 Å². The quantitative estimate of drug-likeness (QED) is 0.884. The maximum absolute atomic E-state index is 12.2. The second kappa shape index (κ2) is 6.94. The topological polar surface area (TPSA) is 49.3 Å². The zero-order valence-electron chi connectivity index (χ0n) is 11.4. The molecule has 0 bridgehead atoms. The Labute approximate surface area is 133 Å². The van der Waals surface area contributed by atoms with Crippen LogP contribution in [0, 0.1) is 0 Å². The molecule has 0 heterocycles. The number of anilines is 1. The molecule has 3 nitrogen and oxygen atoms in total. The molecule has 2 rings (SSSR count). The molecule has 1 amide bonds. The summed E-state index contributed by atoms with van der Waals surface area (Å²) >= 11 is 12.1. The van der Waals surface area contributed by atoms with Crippen molar-refractivity contribution in [1.82, 2.24) is 0 Å². The lowest BCUT2D eigenvalue weighted by Crippen LogP contribution is -2.16. The minimum atomic E-state index is -0.662. The van der Waals surface area contributed by atoms with Crippen LogP contribution < -0.4 is 5.32 Å². The molecular weight excluding hydrogens is 309 g/mol. The maximum atomic E-state index is 12.2. The molecule has 0 aliphatic carbocycles.